The molecule has 1 rings (SSSR count). The van der Waals surface area contributed by atoms with E-state index in [1.54, 1.807) is 14.2 Å². The first-order valence-electron chi connectivity index (χ1n) is 7.84. The molecule has 1 aromatic carbocycles. The number of benzene rings is 1. The number of hydrogen-bond acceptors (Lipinski definition) is 3. The van der Waals surface area contributed by atoms with Gasteiger partial charge in [0.25, 0.3) is 0 Å². The highest BCUT2D eigenvalue weighted by Gasteiger charge is 2.09. The van der Waals surface area contributed by atoms with Gasteiger partial charge in [-0.15, -0.1) is 0 Å². The number of guanidine groups is 1. The summed E-state index contributed by atoms with van der Waals surface area (Å²) in [5.74, 6) is 1.80. The lowest BCUT2D eigenvalue weighted by Crippen LogP contribution is -2.39. The van der Waals surface area contributed by atoms with E-state index >= 15 is 0 Å². The van der Waals surface area contributed by atoms with E-state index in [1.807, 2.05) is 32.2 Å². The third kappa shape index (κ3) is 6.35. The summed E-state index contributed by atoms with van der Waals surface area (Å²) in [7, 11) is 5.54. The van der Waals surface area contributed by atoms with E-state index in [2.05, 4.69) is 21.3 Å². The number of nitrogens with one attached hydrogen (secondary N) is 1. The van der Waals surface area contributed by atoms with Crippen molar-refractivity contribution in [2.75, 3.05) is 41.0 Å². The normalized spacial score (nSPS) is 11.4. The van der Waals surface area contributed by atoms with Gasteiger partial charge in [-0.05, 0) is 25.8 Å². The first-order valence-corrected chi connectivity index (χ1v) is 7.84. The molecule has 0 heterocycles. The lowest BCUT2D eigenvalue weighted by molar-refractivity contribution is 0.143. The molecule has 1 N–H and O–H groups in total. The molecule has 0 saturated heterocycles. The fourth-order valence-electron chi connectivity index (χ4n) is 2.22. The molecule has 0 saturated carbocycles. The quantitative estimate of drug-likeness (QED) is 0.432. The maximum absolute atomic E-state index is 5.39. The van der Waals surface area contributed by atoms with Gasteiger partial charge in [0.05, 0.1) is 7.11 Å². The Labute approximate surface area is 134 Å². The topological polar surface area (TPSA) is 46.1 Å². The zero-order valence-corrected chi connectivity index (χ0v) is 14.3. The van der Waals surface area contributed by atoms with Crippen molar-refractivity contribution in [1.29, 1.82) is 0 Å². The number of methoxy groups -OCH3 is 1. The molecule has 124 valence electrons. The fourth-order valence-corrected chi connectivity index (χ4v) is 2.22. The second kappa shape index (κ2) is 10.9. The highest BCUT2D eigenvalue weighted by molar-refractivity contribution is 5.79. The van der Waals surface area contributed by atoms with Crippen LogP contribution in [-0.4, -0.2) is 51.8 Å². The van der Waals surface area contributed by atoms with Crippen molar-refractivity contribution >= 4 is 5.96 Å². The monoisotopic (exact) mass is 307 g/mol. The zero-order chi connectivity index (χ0) is 16.2. The molecule has 5 nitrogen and oxygen atoms in total. The van der Waals surface area contributed by atoms with E-state index in [4.69, 9.17) is 9.47 Å². The van der Waals surface area contributed by atoms with Crippen molar-refractivity contribution in [3.05, 3.63) is 29.8 Å². The standard InChI is InChI=1S/C17H29N3O2/c1-5-22-13-9-8-12-19-17(18-2)20(3)14-15-10-6-7-11-16(15)21-4/h6-7,10-11H,5,8-9,12-14H2,1-4H3,(H,18,19). The fraction of sp³-hybridized carbons (Fsp3) is 0.588. The second-order valence-corrected chi connectivity index (χ2v) is 5.05. The van der Waals surface area contributed by atoms with Crippen LogP contribution in [0, 0.1) is 0 Å². The van der Waals surface area contributed by atoms with Gasteiger partial charge in [-0.3, -0.25) is 4.99 Å². The first-order chi connectivity index (χ1) is 10.7. The van der Waals surface area contributed by atoms with E-state index in [-0.39, 0.29) is 0 Å². The van der Waals surface area contributed by atoms with Crippen molar-refractivity contribution < 1.29 is 9.47 Å². The molecule has 0 unspecified atom stereocenters. The Morgan fingerprint density at radius 3 is 2.73 bits per heavy atom. The SMILES string of the molecule is CCOCCCCNC(=NC)N(C)Cc1ccccc1OC. The number of ether oxygens (including phenoxy) is 2. The molecular weight excluding hydrogens is 278 g/mol. The van der Waals surface area contributed by atoms with Gasteiger partial charge in [0.1, 0.15) is 5.75 Å². The highest BCUT2D eigenvalue weighted by atomic mass is 16.5. The molecule has 0 aromatic heterocycles. The Bertz CT molecular complexity index is 449. The van der Waals surface area contributed by atoms with E-state index in [1.165, 1.54) is 0 Å². The summed E-state index contributed by atoms with van der Waals surface area (Å²) in [6.45, 7) is 5.29. The predicted octanol–water partition coefficient (Wildman–Crippen LogP) is 2.52. The Morgan fingerprint density at radius 2 is 2.05 bits per heavy atom. The number of hydrogen-bond donors (Lipinski definition) is 1. The van der Waals surface area contributed by atoms with Crippen LogP contribution in [0.1, 0.15) is 25.3 Å². The Balaban J connectivity index is 2.42. The van der Waals surface area contributed by atoms with Crippen LogP contribution < -0.4 is 10.1 Å². The number of aliphatic imine (C=N–C) groups is 1. The number of nitrogens with zero attached hydrogens (tertiary/aromatic N) is 2. The predicted molar refractivity (Wildman–Crippen MR) is 91.5 cm³/mol. The molecule has 0 spiro atoms. The molecule has 0 aliphatic rings. The van der Waals surface area contributed by atoms with Crippen molar-refractivity contribution in [3.63, 3.8) is 0 Å². The summed E-state index contributed by atoms with van der Waals surface area (Å²) in [4.78, 5) is 6.43. The van der Waals surface area contributed by atoms with Crippen LogP contribution in [0.4, 0.5) is 0 Å². The lowest BCUT2D eigenvalue weighted by Gasteiger charge is -2.23. The Hall–Kier alpha value is -1.75. The van der Waals surface area contributed by atoms with Crippen molar-refractivity contribution in [2.24, 2.45) is 4.99 Å². The minimum Gasteiger partial charge on any atom is -0.496 e. The van der Waals surface area contributed by atoms with Crippen LogP contribution in [0.15, 0.2) is 29.3 Å². The van der Waals surface area contributed by atoms with Crippen LogP contribution in [0.2, 0.25) is 0 Å². The lowest BCUT2D eigenvalue weighted by atomic mass is 10.2. The molecule has 0 bridgehead atoms. The van der Waals surface area contributed by atoms with Gasteiger partial charge in [-0.2, -0.15) is 0 Å². The first kappa shape index (κ1) is 18.3. The van der Waals surface area contributed by atoms with E-state index in [0.29, 0.717) is 0 Å². The average Bonchev–Trinajstić information content (AvgIpc) is 2.54. The smallest absolute Gasteiger partial charge is 0.193 e. The third-order valence-electron chi connectivity index (χ3n) is 3.38. The van der Waals surface area contributed by atoms with Crippen LogP contribution in [0.3, 0.4) is 0 Å². The van der Waals surface area contributed by atoms with Crippen molar-refractivity contribution in [2.45, 2.75) is 26.3 Å². The second-order valence-electron chi connectivity index (χ2n) is 5.05. The average molecular weight is 307 g/mol. The van der Waals surface area contributed by atoms with Crippen LogP contribution in [-0.2, 0) is 11.3 Å². The van der Waals surface area contributed by atoms with Crippen LogP contribution in [0.25, 0.3) is 0 Å². The maximum Gasteiger partial charge on any atom is 0.193 e. The number of para-hydroxylation sites is 1. The summed E-state index contributed by atoms with van der Waals surface area (Å²) in [5.41, 5.74) is 1.15. The number of rotatable bonds is 9. The molecule has 1 aromatic rings. The molecular formula is C17H29N3O2. The van der Waals surface area contributed by atoms with Gasteiger partial charge >= 0.3 is 0 Å². The van der Waals surface area contributed by atoms with Gasteiger partial charge in [-0.25, -0.2) is 0 Å². The van der Waals surface area contributed by atoms with Gasteiger partial charge in [0.15, 0.2) is 5.96 Å². The Kier molecular flexibility index (Phi) is 9.07. The molecule has 0 amide bonds. The molecule has 22 heavy (non-hydrogen) atoms. The van der Waals surface area contributed by atoms with E-state index < -0.39 is 0 Å². The summed E-state index contributed by atoms with van der Waals surface area (Å²) in [6.07, 6.45) is 2.13. The molecule has 5 heteroatoms. The largest absolute Gasteiger partial charge is 0.496 e. The summed E-state index contributed by atoms with van der Waals surface area (Å²) < 4.78 is 10.7. The van der Waals surface area contributed by atoms with Gasteiger partial charge in [-0.1, -0.05) is 18.2 Å². The van der Waals surface area contributed by atoms with Crippen LogP contribution >= 0.6 is 0 Å². The van der Waals surface area contributed by atoms with E-state index in [0.717, 1.165) is 56.4 Å². The third-order valence-corrected chi connectivity index (χ3v) is 3.38. The molecule has 0 aliphatic heterocycles. The summed E-state index contributed by atoms with van der Waals surface area (Å²) >= 11 is 0. The number of unbranched alkanes of at least 4 members (excludes halogenated alkanes) is 1. The van der Waals surface area contributed by atoms with Gasteiger partial charge in [0, 0.05) is 46.0 Å². The van der Waals surface area contributed by atoms with Gasteiger partial charge in [0.2, 0.25) is 0 Å². The maximum atomic E-state index is 5.39. The van der Waals surface area contributed by atoms with E-state index in [9.17, 15) is 0 Å². The van der Waals surface area contributed by atoms with Gasteiger partial charge < -0.3 is 19.7 Å². The minimum atomic E-state index is 0.753. The molecule has 0 fully saturated rings. The van der Waals surface area contributed by atoms with Crippen molar-refractivity contribution in [3.8, 4) is 5.75 Å². The molecule has 0 aliphatic carbocycles. The Morgan fingerprint density at radius 1 is 1.27 bits per heavy atom. The van der Waals surface area contributed by atoms with Crippen LogP contribution in [0.5, 0.6) is 5.75 Å². The highest BCUT2D eigenvalue weighted by Crippen LogP contribution is 2.18. The molecule has 0 radical (unpaired) electrons. The summed E-state index contributed by atoms with van der Waals surface area (Å²) in [6, 6.07) is 8.06. The molecule has 0 atom stereocenters. The minimum absolute atomic E-state index is 0.753. The zero-order valence-electron chi connectivity index (χ0n) is 14.3. The van der Waals surface area contributed by atoms with Crippen molar-refractivity contribution in [1.82, 2.24) is 10.2 Å². The summed E-state index contributed by atoms with van der Waals surface area (Å²) in [5, 5.41) is 3.38.